The summed E-state index contributed by atoms with van der Waals surface area (Å²) in [5, 5.41) is 0.423. The van der Waals surface area contributed by atoms with E-state index in [1.807, 2.05) is 32.0 Å². The first-order valence-electron chi connectivity index (χ1n) is 11.7. The summed E-state index contributed by atoms with van der Waals surface area (Å²) in [4.78, 5) is 14.7. The third-order valence-electron chi connectivity index (χ3n) is 5.34. The number of thiocarbonyl (C=S) groups is 1. The Morgan fingerprint density at radius 2 is 1.74 bits per heavy atom. The molecule has 0 unspecified atom stereocenters. The van der Waals surface area contributed by atoms with Crippen LogP contribution < -0.4 is 14.2 Å². The Kier molecular flexibility index (Phi) is 9.50. The number of thioether (sulfide) groups is 1. The van der Waals surface area contributed by atoms with Crippen LogP contribution in [-0.4, -0.2) is 41.5 Å². The number of likely N-dealkylation sites (N-methyl/N-ethyl adjacent to an activating group) is 1. The third-order valence-corrected chi connectivity index (χ3v) is 7.00. The predicted octanol–water partition coefficient (Wildman–Crippen LogP) is 7.11. The van der Waals surface area contributed by atoms with E-state index < -0.39 is 0 Å². The van der Waals surface area contributed by atoms with E-state index in [9.17, 15) is 4.79 Å². The van der Waals surface area contributed by atoms with Crippen LogP contribution in [0.2, 0.25) is 5.02 Å². The molecule has 5 nitrogen and oxygen atoms in total. The number of hydrogen-bond acceptors (Lipinski definition) is 6. The van der Waals surface area contributed by atoms with E-state index in [2.05, 4.69) is 32.9 Å². The molecule has 188 valence electrons. The monoisotopic (exact) mass is 533 g/mol. The van der Waals surface area contributed by atoms with Crippen molar-refractivity contribution in [3.8, 4) is 17.2 Å². The Bertz CT molecular complexity index is 1090. The van der Waals surface area contributed by atoms with E-state index in [-0.39, 0.29) is 11.3 Å². The van der Waals surface area contributed by atoms with Crippen LogP contribution in [0.3, 0.4) is 0 Å². The minimum absolute atomic E-state index is 0.0926. The van der Waals surface area contributed by atoms with Crippen molar-refractivity contribution in [3.05, 3.63) is 57.5 Å². The summed E-state index contributed by atoms with van der Waals surface area (Å²) in [6, 6.07) is 11.8. The topological polar surface area (TPSA) is 48.0 Å². The fourth-order valence-corrected chi connectivity index (χ4v) is 5.13. The van der Waals surface area contributed by atoms with E-state index in [0.717, 1.165) is 11.3 Å². The largest absolute Gasteiger partial charge is 0.493 e. The third kappa shape index (κ3) is 7.15. The van der Waals surface area contributed by atoms with Crippen LogP contribution in [0.1, 0.15) is 52.2 Å². The predicted molar refractivity (Wildman–Crippen MR) is 149 cm³/mol. The quantitative estimate of drug-likeness (QED) is 0.184. The normalized spacial score (nSPS) is 15.1. The molecule has 1 saturated heterocycles. The summed E-state index contributed by atoms with van der Waals surface area (Å²) < 4.78 is 18.2. The molecule has 0 saturated carbocycles. The van der Waals surface area contributed by atoms with Gasteiger partial charge in [-0.1, -0.05) is 68.5 Å². The molecule has 8 heteroatoms. The van der Waals surface area contributed by atoms with Gasteiger partial charge in [0, 0.05) is 13.0 Å². The van der Waals surface area contributed by atoms with Crippen LogP contribution in [0.5, 0.6) is 17.2 Å². The Morgan fingerprint density at radius 1 is 1.06 bits per heavy atom. The average Bonchev–Trinajstić information content (AvgIpc) is 3.07. The van der Waals surface area contributed by atoms with Gasteiger partial charge >= 0.3 is 0 Å². The Balaban J connectivity index is 1.61. The maximum atomic E-state index is 12.5. The van der Waals surface area contributed by atoms with Crippen LogP contribution in [-0.2, 0) is 10.2 Å². The summed E-state index contributed by atoms with van der Waals surface area (Å²) in [5.74, 6) is 1.77. The molecular formula is C27H32ClNO4S2. The van der Waals surface area contributed by atoms with Crippen molar-refractivity contribution < 1.29 is 19.0 Å². The van der Waals surface area contributed by atoms with Crippen molar-refractivity contribution in [3.63, 3.8) is 0 Å². The van der Waals surface area contributed by atoms with Gasteiger partial charge in [-0.15, -0.1) is 0 Å². The second kappa shape index (κ2) is 12.2. The maximum absolute atomic E-state index is 12.5. The van der Waals surface area contributed by atoms with Crippen molar-refractivity contribution in [1.82, 2.24) is 4.90 Å². The summed E-state index contributed by atoms with van der Waals surface area (Å²) in [5.41, 5.74) is 2.14. The number of hydrogen-bond donors (Lipinski definition) is 0. The molecule has 0 aliphatic carbocycles. The number of carbonyl (C=O) groups is 1. The van der Waals surface area contributed by atoms with Gasteiger partial charge < -0.3 is 14.2 Å². The lowest BCUT2D eigenvalue weighted by molar-refractivity contribution is -0.121. The van der Waals surface area contributed by atoms with E-state index in [4.69, 9.17) is 38.0 Å². The molecule has 1 amide bonds. The van der Waals surface area contributed by atoms with Gasteiger partial charge in [0.2, 0.25) is 0 Å². The number of ether oxygens (including phenoxy) is 3. The highest BCUT2D eigenvalue weighted by Gasteiger charge is 2.30. The van der Waals surface area contributed by atoms with Crippen LogP contribution in [0.15, 0.2) is 41.3 Å². The van der Waals surface area contributed by atoms with Gasteiger partial charge in [0.05, 0.1) is 29.7 Å². The standard InChI is InChI=1S/C27H32ClNO4S2/c1-6-29-25(30)23(35-26(29)34)17-18-15-21(28)24(22(16-18)31-7-2)33-14-8-13-32-20-11-9-19(10-12-20)27(3,4)5/h9-12,15-17H,6-8,13-14H2,1-5H3/b23-17-. The Morgan fingerprint density at radius 3 is 2.34 bits per heavy atom. The highest BCUT2D eigenvalue weighted by atomic mass is 35.5. The summed E-state index contributed by atoms with van der Waals surface area (Å²) in [7, 11) is 0. The number of nitrogens with zero attached hydrogens (tertiary/aromatic N) is 1. The zero-order valence-corrected chi connectivity index (χ0v) is 23.2. The number of amides is 1. The summed E-state index contributed by atoms with van der Waals surface area (Å²) >= 11 is 13.1. The molecule has 1 aliphatic heterocycles. The van der Waals surface area contributed by atoms with Gasteiger partial charge in [-0.25, -0.2) is 0 Å². The van der Waals surface area contributed by atoms with Crippen LogP contribution in [0.4, 0.5) is 0 Å². The lowest BCUT2D eigenvalue weighted by Gasteiger charge is -2.19. The van der Waals surface area contributed by atoms with Gasteiger partial charge in [0.25, 0.3) is 5.91 Å². The summed E-state index contributed by atoms with van der Waals surface area (Å²) in [6.07, 6.45) is 2.47. The van der Waals surface area contributed by atoms with E-state index in [1.54, 1.807) is 17.0 Å². The molecule has 35 heavy (non-hydrogen) atoms. The SMILES string of the molecule is CCOc1cc(/C=C2\SC(=S)N(CC)C2=O)cc(Cl)c1OCCCOc1ccc(C(C)(C)C)cc1. The van der Waals surface area contributed by atoms with Crippen LogP contribution in [0, 0.1) is 0 Å². The van der Waals surface area contributed by atoms with Crippen molar-refractivity contribution >= 4 is 51.9 Å². The molecule has 3 rings (SSSR count). The second-order valence-corrected chi connectivity index (χ2v) is 11.1. The average molecular weight is 534 g/mol. The van der Waals surface area contributed by atoms with Gasteiger partial charge in [0.1, 0.15) is 10.1 Å². The minimum Gasteiger partial charge on any atom is -0.493 e. The fraction of sp³-hybridized carbons (Fsp3) is 0.407. The second-order valence-electron chi connectivity index (χ2n) is 9.01. The number of carbonyl (C=O) groups excluding carboxylic acids is 1. The molecule has 0 bridgehead atoms. The lowest BCUT2D eigenvalue weighted by atomic mass is 9.87. The first kappa shape index (κ1) is 27.4. The lowest BCUT2D eigenvalue weighted by Crippen LogP contribution is -2.27. The molecule has 0 N–H and O–H groups in total. The molecule has 0 radical (unpaired) electrons. The first-order valence-corrected chi connectivity index (χ1v) is 13.3. The minimum atomic E-state index is -0.0926. The van der Waals surface area contributed by atoms with Gasteiger partial charge in [0.15, 0.2) is 11.5 Å². The molecular weight excluding hydrogens is 502 g/mol. The highest BCUT2D eigenvalue weighted by molar-refractivity contribution is 8.26. The molecule has 0 atom stereocenters. The van der Waals surface area contributed by atoms with Crippen molar-refractivity contribution in [2.24, 2.45) is 0 Å². The molecule has 2 aromatic rings. The van der Waals surface area contributed by atoms with Gasteiger partial charge in [-0.2, -0.15) is 0 Å². The van der Waals surface area contributed by atoms with E-state index in [1.165, 1.54) is 17.3 Å². The fourth-order valence-electron chi connectivity index (χ4n) is 3.47. The maximum Gasteiger partial charge on any atom is 0.266 e. The molecule has 0 aromatic heterocycles. The molecule has 2 aromatic carbocycles. The Hall–Kier alpha value is -2.22. The van der Waals surface area contributed by atoms with E-state index in [0.29, 0.717) is 58.5 Å². The van der Waals surface area contributed by atoms with Gasteiger partial charge in [-0.05, 0) is 60.7 Å². The number of halogens is 1. The van der Waals surface area contributed by atoms with E-state index >= 15 is 0 Å². The molecule has 1 heterocycles. The number of rotatable bonds is 10. The van der Waals surface area contributed by atoms with Crippen molar-refractivity contribution in [2.75, 3.05) is 26.4 Å². The van der Waals surface area contributed by atoms with Crippen molar-refractivity contribution in [2.45, 2.75) is 46.5 Å². The van der Waals surface area contributed by atoms with Crippen molar-refractivity contribution in [1.29, 1.82) is 0 Å². The van der Waals surface area contributed by atoms with Crippen LogP contribution in [0.25, 0.3) is 6.08 Å². The molecule has 1 fully saturated rings. The molecule has 0 spiro atoms. The highest BCUT2D eigenvalue weighted by Crippen LogP contribution is 2.39. The Labute approximate surface area is 222 Å². The first-order chi connectivity index (χ1) is 16.6. The molecule has 1 aliphatic rings. The zero-order chi connectivity index (χ0) is 25.6. The van der Waals surface area contributed by atoms with Crippen LogP contribution >= 0.6 is 35.6 Å². The van der Waals surface area contributed by atoms with Gasteiger partial charge in [-0.3, -0.25) is 9.69 Å². The number of benzene rings is 2. The summed E-state index contributed by atoms with van der Waals surface area (Å²) in [6.45, 7) is 12.3. The zero-order valence-electron chi connectivity index (χ0n) is 20.9. The smallest absolute Gasteiger partial charge is 0.266 e.